The number of thiol groups is 1. The number of benzene rings is 1. The van der Waals surface area contributed by atoms with Crippen LogP contribution in [0.1, 0.15) is 109 Å². The van der Waals surface area contributed by atoms with Gasteiger partial charge in [-0.1, -0.05) is 122 Å². The van der Waals surface area contributed by atoms with Crippen molar-refractivity contribution in [3.05, 3.63) is 35.9 Å². The molecule has 1 rings (SSSR count). The predicted molar refractivity (Wildman–Crippen MR) is 128 cm³/mol. The molecule has 1 unspecified atom stereocenters. The quantitative estimate of drug-likeness (QED) is 0.231. The molecule has 27 heavy (non-hydrogen) atoms. The Morgan fingerprint density at radius 3 is 1.52 bits per heavy atom. The Bertz CT molecular complexity index is 383. The molecule has 0 spiro atoms. The molecule has 1 aromatic rings. The summed E-state index contributed by atoms with van der Waals surface area (Å²) in [6, 6.07) is 10.7. The third-order valence-electron chi connectivity index (χ3n) is 5.36. The minimum absolute atomic E-state index is 0.422. The number of rotatable bonds is 15. The molecular weight excluding hydrogens is 346 g/mol. The molecule has 1 atom stereocenters. The molecule has 0 aromatic heterocycles. The molecule has 0 bridgehead atoms. The molecule has 0 aliphatic rings. The van der Waals surface area contributed by atoms with Gasteiger partial charge >= 0.3 is 0 Å². The van der Waals surface area contributed by atoms with Gasteiger partial charge in [-0.15, -0.1) is 0 Å². The van der Waals surface area contributed by atoms with Crippen LogP contribution in [-0.4, -0.2) is 24.5 Å². The second kappa shape index (κ2) is 20.3. The smallest absolute Gasteiger partial charge is 0.0267 e. The summed E-state index contributed by atoms with van der Waals surface area (Å²) in [5, 5.41) is 0.422. The molecule has 0 fully saturated rings. The van der Waals surface area contributed by atoms with E-state index in [1.54, 1.807) is 0 Å². The molecule has 0 saturated carbocycles. The van der Waals surface area contributed by atoms with E-state index in [4.69, 9.17) is 12.6 Å². The van der Waals surface area contributed by atoms with Gasteiger partial charge in [0.15, 0.2) is 0 Å². The second-order valence-electron chi connectivity index (χ2n) is 7.52. The van der Waals surface area contributed by atoms with Crippen LogP contribution in [0, 0.1) is 0 Å². The van der Waals surface area contributed by atoms with Crippen LogP contribution in [0.3, 0.4) is 0 Å². The molecule has 0 heterocycles. The Balaban J connectivity index is 0.000000821. The highest BCUT2D eigenvalue weighted by atomic mass is 32.1. The van der Waals surface area contributed by atoms with Crippen LogP contribution >= 0.6 is 12.6 Å². The van der Waals surface area contributed by atoms with Crippen molar-refractivity contribution in [2.75, 3.05) is 19.6 Å². The van der Waals surface area contributed by atoms with E-state index in [9.17, 15) is 0 Å². The summed E-state index contributed by atoms with van der Waals surface area (Å²) < 4.78 is 0. The van der Waals surface area contributed by atoms with E-state index in [0.717, 1.165) is 0 Å². The van der Waals surface area contributed by atoms with Gasteiger partial charge in [-0.2, -0.15) is 12.6 Å². The van der Waals surface area contributed by atoms with E-state index in [-0.39, 0.29) is 0 Å². The number of hydrogen-bond acceptors (Lipinski definition) is 2. The molecule has 158 valence electrons. The fourth-order valence-electron chi connectivity index (χ4n) is 3.34. The molecule has 2 heteroatoms. The highest BCUT2D eigenvalue weighted by Crippen LogP contribution is 2.26. The van der Waals surface area contributed by atoms with Crippen molar-refractivity contribution in [1.29, 1.82) is 0 Å². The molecular formula is C25H47NS. The lowest BCUT2D eigenvalue weighted by molar-refractivity contribution is 0.321. The lowest BCUT2D eigenvalue weighted by Gasteiger charge is -2.13. The van der Waals surface area contributed by atoms with E-state index in [1.165, 1.54) is 95.8 Å². The summed E-state index contributed by atoms with van der Waals surface area (Å²) >= 11 is 4.71. The van der Waals surface area contributed by atoms with E-state index >= 15 is 0 Å². The van der Waals surface area contributed by atoms with Crippen LogP contribution in [0.2, 0.25) is 0 Å². The maximum absolute atomic E-state index is 4.71. The van der Waals surface area contributed by atoms with Crippen molar-refractivity contribution in [2.45, 2.75) is 104 Å². The van der Waals surface area contributed by atoms with Crippen LogP contribution in [0.4, 0.5) is 0 Å². The van der Waals surface area contributed by atoms with Crippen molar-refractivity contribution in [1.82, 2.24) is 4.90 Å². The third kappa shape index (κ3) is 16.2. The fraction of sp³-hybridized carbons (Fsp3) is 0.760. The molecule has 0 aliphatic carbocycles. The average Bonchev–Trinajstić information content (AvgIpc) is 2.71. The zero-order valence-corrected chi connectivity index (χ0v) is 19.7. The van der Waals surface area contributed by atoms with Crippen molar-refractivity contribution in [3.63, 3.8) is 0 Å². The number of nitrogens with zero attached hydrogens (tertiary/aromatic N) is 1. The van der Waals surface area contributed by atoms with Crippen LogP contribution in [0.5, 0.6) is 0 Å². The lowest BCUT2D eigenvalue weighted by Crippen LogP contribution is -2.21. The summed E-state index contributed by atoms with van der Waals surface area (Å²) in [6.07, 6.45) is 15.3. The van der Waals surface area contributed by atoms with Gasteiger partial charge in [0, 0.05) is 5.25 Å². The van der Waals surface area contributed by atoms with Crippen LogP contribution in [0.15, 0.2) is 30.3 Å². The minimum atomic E-state index is 0.422. The first-order valence-electron chi connectivity index (χ1n) is 11.6. The van der Waals surface area contributed by atoms with Gasteiger partial charge < -0.3 is 4.90 Å². The van der Waals surface area contributed by atoms with E-state index in [2.05, 4.69) is 62.9 Å². The maximum Gasteiger partial charge on any atom is 0.0267 e. The van der Waals surface area contributed by atoms with Gasteiger partial charge in [0.25, 0.3) is 0 Å². The molecule has 0 N–H and O–H groups in total. The van der Waals surface area contributed by atoms with Gasteiger partial charge in [0.1, 0.15) is 0 Å². The van der Waals surface area contributed by atoms with E-state index < -0.39 is 0 Å². The van der Waals surface area contributed by atoms with Crippen molar-refractivity contribution in [2.24, 2.45) is 0 Å². The lowest BCUT2D eigenvalue weighted by atomic mass is 10.0. The van der Waals surface area contributed by atoms with E-state index in [1.807, 2.05) is 0 Å². The Kier molecular flexibility index (Phi) is 19.9. The van der Waals surface area contributed by atoms with Crippen molar-refractivity contribution < 1.29 is 0 Å². The Morgan fingerprint density at radius 1 is 0.667 bits per heavy atom. The summed E-state index contributed by atoms with van der Waals surface area (Å²) in [5.74, 6) is 0. The highest BCUT2D eigenvalue weighted by Gasteiger charge is 2.04. The Hall–Kier alpha value is -0.470. The second-order valence-corrected chi connectivity index (χ2v) is 8.14. The monoisotopic (exact) mass is 393 g/mol. The SMILES string of the molecule is CCCCCCCCCCCCC(S)c1ccccc1.CCN(CC)CC. The highest BCUT2D eigenvalue weighted by molar-refractivity contribution is 7.80. The van der Waals surface area contributed by atoms with Crippen LogP contribution < -0.4 is 0 Å². The predicted octanol–water partition coefficient (Wildman–Crippen LogP) is 8.32. The maximum atomic E-state index is 4.71. The summed E-state index contributed by atoms with van der Waals surface area (Å²) in [5.41, 5.74) is 1.37. The molecule has 1 nitrogen and oxygen atoms in total. The summed E-state index contributed by atoms with van der Waals surface area (Å²) in [4.78, 5) is 2.38. The zero-order chi connectivity index (χ0) is 20.2. The summed E-state index contributed by atoms with van der Waals surface area (Å²) in [7, 11) is 0. The molecule has 0 radical (unpaired) electrons. The third-order valence-corrected chi connectivity index (χ3v) is 5.91. The van der Waals surface area contributed by atoms with Crippen molar-refractivity contribution >= 4 is 12.6 Å². The fourth-order valence-corrected chi connectivity index (χ4v) is 3.69. The van der Waals surface area contributed by atoms with Gasteiger partial charge in [0.05, 0.1) is 0 Å². The van der Waals surface area contributed by atoms with Crippen molar-refractivity contribution in [3.8, 4) is 0 Å². The first kappa shape index (κ1) is 26.5. The van der Waals surface area contributed by atoms with Gasteiger partial charge in [-0.05, 0) is 31.6 Å². The first-order chi connectivity index (χ1) is 13.2. The number of unbranched alkanes of at least 4 members (excludes halogenated alkanes) is 9. The molecule has 1 aromatic carbocycles. The van der Waals surface area contributed by atoms with E-state index in [0.29, 0.717) is 5.25 Å². The molecule has 0 aliphatic heterocycles. The largest absolute Gasteiger partial charge is 0.304 e. The summed E-state index contributed by atoms with van der Waals surface area (Å²) in [6.45, 7) is 12.4. The van der Waals surface area contributed by atoms with Crippen LogP contribution in [-0.2, 0) is 0 Å². The first-order valence-corrected chi connectivity index (χ1v) is 12.2. The molecule has 0 saturated heterocycles. The number of hydrogen-bond donors (Lipinski definition) is 1. The zero-order valence-electron chi connectivity index (χ0n) is 18.8. The van der Waals surface area contributed by atoms with Gasteiger partial charge in [0.2, 0.25) is 0 Å². The van der Waals surface area contributed by atoms with Gasteiger partial charge in [-0.3, -0.25) is 0 Å². The topological polar surface area (TPSA) is 3.24 Å². The molecule has 0 amide bonds. The Labute approximate surface area is 176 Å². The standard InChI is InChI=1S/C19H32S.C6H15N/c1-2-3-4-5-6-7-8-9-10-14-17-19(20)18-15-12-11-13-16-18;1-4-7(5-2)6-3/h11-13,15-16,19-20H,2-10,14,17H2,1H3;4-6H2,1-3H3. The van der Waals surface area contributed by atoms with Gasteiger partial charge in [-0.25, -0.2) is 0 Å². The Morgan fingerprint density at radius 2 is 1.11 bits per heavy atom. The normalized spacial score (nSPS) is 11.9. The van der Waals surface area contributed by atoms with Crippen LogP contribution in [0.25, 0.3) is 0 Å². The minimum Gasteiger partial charge on any atom is -0.304 e. The average molecular weight is 394 g/mol.